The number of hydrogen-bond donors (Lipinski definition) is 0. The molecule has 0 aliphatic carbocycles. The van der Waals surface area contributed by atoms with E-state index in [1.165, 1.54) is 96.9 Å². The fraction of sp³-hybridized carbons (Fsp3) is 0. The molecular weight excluding hydrogens is 805 g/mol. The molecule has 65 heavy (non-hydrogen) atoms. The Morgan fingerprint density at radius 1 is 0.292 bits per heavy atom. The van der Waals surface area contributed by atoms with E-state index in [-0.39, 0.29) is 0 Å². The number of anilines is 3. The summed E-state index contributed by atoms with van der Waals surface area (Å²) in [4.78, 5) is 2.39. The first-order chi connectivity index (χ1) is 32.2. The maximum Gasteiger partial charge on any atom is 0.0541 e. The van der Waals surface area contributed by atoms with Crippen molar-refractivity contribution < 1.29 is 0 Å². The van der Waals surface area contributed by atoms with E-state index in [0.717, 1.165) is 22.7 Å². The van der Waals surface area contributed by atoms with E-state index in [2.05, 4.69) is 252 Å². The van der Waals surface area contributed by atoms with Crippen LogP contribution >= 0.6 is 11.3 Å². The number of nitrogens with zero attached hydrogens (tertiary/aromatic N) is 2. The minimum Gasteiger partial charge on any atom is -0.310 e. The van der Waals surface area contributed by atoms with Gasteiger partial charge in [0.25, 0.3) is 0 Å². The van der Waals surface area contributed by atoms with Gasteiger partial charge in [-0.05, 0) is 122 Å². The minimum atomic E-state index is 1.09. The van der Waals surface area contributed by atoms with E-state index in [1.807, 2.05) is 11.3 Å². The zero-order chi connectivity index (χ0) is 42.8. The van der Waals surface area contributed by atoms with Crippen molar-refractivity contribution >= 4 is 91.9 Å². The van der Waals surface area contributed by atoms with Crippen LogP contribution in [-0.4, -0.2) is 4.57 Å². The van der Waals surface area contributed by atoms with Crippen LogP contribution in [0.3, 0.4) is 0 Å². The van der Waals surface area contributed by atoms with Crippen molar-refractivity contribution in [3.05, 3.63) is 243 Å². The fourth-order valence-electron chi connectivity index (χ4n) is 10.0. The van der Waals surface area contributed by atoms with Gasteiger partial charge in [-0.15, -0.1) is 11.3 Å². The molecule has 2 nitrogen and oxygen atoms in total. The topological polar surface area (TPSA) is 8.17 Å². The molecular formula is C62H40N2S. The number of hydrogen-bond acceptors (Lipinski definition) is 2. The van der Waals surface area contributed by atoms with Crippen molar-refractivity contribution in [1.29, 1.82) is 0 Å². The zero-order valence-corrected chi connectivity index (χ0v) is 36.2. The van der Waals surface area contributed by atoms with Crippen LogP contribution < -0.4 is 4.90 Å². The Morgan fingerprint density at radius 3 is 1.58 bits per heavy atom. The summed E-state index contributed by atoms with van der Waals surface area (Å²) in [5.74, 6) is 0. The van der Waals surface area contributed by atoms with Gasteiger partial charge >= 0.3 is 0 Å². The van der Waals surface area contributed by atoms with Crippen LogP contribution in [0.25, 0.3) is 103 Å². The van der Waals surface area contributed by atoms with Gasteiger partial charge in [-0.2, -0.15) is 0 Å². The van der Waals surface area contributed by atoms with Crippen LogP contribution in [0.5, 0.6) is 0 Å². The summed E-state index contributed by atoms with van der Waals surface area (Å²) in [6, 6.07) is 88.9. The largest absolute Gasteiger partial charge is 0.310 e. The lowest BCUT2D eigenvalue weighted by molar-refractivity contribution is 1.18. The first-order valence-corrected chi connectivity index (χ1v) is 23.1. The molecule has 0 spiro atoms. The molecule has 2 heterocycles. The van der Waals surface area contributed by atoms with Gasteiger partial charge in [0.05, 0.1) is 11.0 Å². The number of para-hydroxylation sites is 2. The second kappa shape index (κ2) is 15.2. The lowest BCUT2D eigenvalue weighted by Gasteiger charge is -2.26. The Labute approximate surface area is 381 Å². The minimum absolute atomic E-state index is 1.09. The smallest absolute Gasteiger partial charge is 0.0541 e. The Kier molecular flexibility index (Phi) is 8.75. The van der Waals surface area contributed by atoms with Gasteiger partial charge in [0.2, 0.25) is 0 Å². The highest BCUT2D eigenvalue weighted by Crippen LogP contribution is 2.44. The normalized spacial score (nSPS) is 11.7. The molecule has 2 aromatic heterocycles. The number of thiophene rings is 1. The fourth-order valence-corrected chi connectivity index (χ4v) is 11.4. The maximum absolute atomic E-state index is 2.39. The molecule has 304 valence electrons. The quantitative estimate of drug-likeness (QED) is 0.155. The third kappa shape index (κ3) is 6.31. The molecule has 0 fully saturated rings. The van der Waals surface area contributed by atoms with Crippen molar-refractivity contribution in [2.24, 2.45) is 0 Å². The highest BCUT2D eigenvalue weighted by molar-refractivity contribution is 7.27. The summed E-state index contributed by atoms with van der Waals surface area (Å²) in [6.07, 6.45) is 0. The van der Waals surface area contributed by atoms with Crippen molar-refractivity contribution in [2.75, 3.05) is 4.90 Å². The molecule has 0 atom stereocenters. The summed E-state index contributed by atoms with van der Waals surface area (Å²) < 4.78 is 5.06. The lowest BCUT2D eigenvalue weighted by Crippen LogP contribution is -2.10. The molecule has 0 radical (unpaired) electrons. The number of benzene rings is 11. The van der Waals surface area contributed by atoms with Crippen molar-refractivity contribution in [2.45, 2.75) is 0 Å². The van der Waals surface area contributed by atoms with Crippen LogP contribution in [0.2, 0.25) is 0 Å². The molecule has 13 rings (SSSR count). The molecule has 0 saturated heterocycles. The van der Waals surface area contributed by atoms with Crippen LogP contribution in [0, 0.1) is 0 Å². The number of aromatic nitrogens is 1. The second-order valence-corrected chi connectivity index (χ2v) is 17.9. The van der Waals surface area contributed by atoms with Crippen LogP contribution in [0.4, 0.5) is 17.1 Å². The molecule has 3 heteroatoms. The van der Waals surface area contributed by atoms with E-state index in [1.54, 1.807) is 0 Å². The molecule has 0 aliphatic rings. The highest BCUT2D eigenvalue weighted by Gasteiger charge is 2.18. The molecule has 0 unspecified atom stereocenters. The molecule has 0 aliphatic heterocycles. The first kappa shape index (κ1) is 37.3. The third-order valence-electron chi connectivity index (χ3n) is 13.2. The molecule has 0 N–H and O–H groups in total. The van der Waals surface area contributed by atoms with Crippen molar-refractivity contribution in [1.82, 2.24) is 4.57 Å². The van der Waals surface area contributed by atoms with Gasteiger partial charge < -0.3 is 9.47 Å². The second-order valence-electron chi connectivity index (χ2n) is 16.9. The predicted molar refractivity (Wildman–Crippen MR) is 280 cm³/mol. The van der Waals surface area contributed by atoms with E-state index in [0.29, 0.717) is 0 Å². The van der Waals surface area contributed by atoms with Gasteiger partial charge in [0.1, 0.15) is 0 Å². The lowest BCUT2D eigenvalue weighted by atomic mass is 9.99. The summed E-state index contributed by atoms with van der Waals surface area (Å²) in [5.41, 5.74) is 14.0. The Hall–Kier alpha value is -8.24. The average molecular weight is 845 g/mol. The number of rotatable bonds is 7. The molecule has 13 aromatic rings. The predicted octanol–water partition coefficient (Wildman–Crippen LogP) is 17.9. The Morgan fingerprint density at radius 2 is 0.831 bits per heavy atom. The average Bonchev–Trinajstić information content (AvgIpc) is 3.94. The van der Waals surface area contributed by atoms with Gasteiger partial charge in [-0.25, -0.2) is 0 Å². The monoisotopic (exact) mass is 844 g/mol. The summed E-state index contributed by atoms with van der Waals surface area (Å²) in [5, 5.41) is 10.2. The molecule has 0 bridgehead atoms. The highest BCUT2D eigenvalue weighted by atomic mass is 32.1. The van der Waals surface area contributed by atoms with E-state index in [4.69, 9.17) is 0 Å². The van der Waals surface area contributed by atoms with Crippen LogP contribution in [0.15, 0.2) is 243 Å². The van der Waals surface area contributed by atoms with Crippen molar-refractivity contribution in [3.63, 3.8) is 0 Å². The maximum atomic E-state index is 2.39. The number of fused-ring (bicyclic) bond motifs is 9. The SMILES string of the molecule is c1cc(-c2ccc3ccccc3c2)cc(N(c2ccc(-c3cccc(-n4c5ccccc5c5ccccc54)c3)cc2)c2ccc(-c3cccc4c3sc3c5ccccc5ccc43)cc2)c1. The first-order valence-electron chi connectivity index (χ1n) is 22.2. The van der Waals surface area contributed by atoms with Crippen molar-refractivity contribution in [3.8, 4) is 39.1 Å². The van der Waals surface area contributed by atoms with Gasteiger partial charge in [-0.3, -0.25) is 0 Å². The standard InChI is InChI=1S/C62H40N2S/c1-2-14-45-38-48(27-26-41(45)12-1)47-16-10-17-51(40-47)63(50-35-30-44(31-36-50)54-22-11-23-57-58-37-32-43-13-3-4-19-53(43)62(58)65-61(54)57)49-33-28-42(29-34-49)46-15-9-18-52(39-46)64-59-24-7-5-20-55(59)56-21-6-8-25-60(56)64/h1-40H. The van der Waals surface area contributed by atoms with Crippen LogP contribution in [-0.2, 0) is 0 Å². The van der Waals surface area contributed by atoms with Gasteiger partial charge in [0.15, 0.2) is 0 Å². The summed E-state index contributed by atoms with van der Waals surface area (Å²) >= 11 is 1.91. The van der Waals surface area contributed by atoms with Gasteiger partial charge in [0, 0.05) is 53.7 Å². The van der Waals surface area contributed by atoms with E-state index >= 15 is 0 Å². The summed E-state index contributed by atoms with van der Waals surface area (Å²) in [6.45, 7) is 0. The molecule has 0 amide bonds. The Bertz CT molecular complexity index is 3900. The summed E-state index contributed by atoms with van der Waals surface area (Å²) in [7, 11) is 0. The molecule has 11 aromatic carbocycles. The van der Waals surface area contributed by atoms with Crippen LogP contribution in [0.1, 0.15) is 0 Å². The third-order valence-corrected chi connectivity index (χ3v) is 14.4. The molecule has 0 saturated carbocycles. The van der Waals surface area contributed by atoms with Gasteiger partial charge in [-0.1, -0.05) is 176 Å². The van der Waals surface area contributed by atoms with E-state index < -0.39 is 0 Å². The Balaban J connectivity index is 0.904. The zero-order valence-electron chi connectivity index (χ0n) is 35.4. The van der Waals surface area contributed by atoms with E-state index in [9.17, 15) is 0 Å².